The van der Waals surface area contributed by atoms with Crippen molar-refractivity contribution in [3.05, 3.63) is 58.1 Å². The molecule has 0 aliphatic carbocycles. The minimum Gasteiger partial charge on any atom is -0.486 e. The Hall–Kier alpha value is -2.34. The molecule has 3 rings (SSSR count). The fourth-order valence-electron chi connectivity index (χ4n) is 3.04. The van der Waals surface area contributed by atoms with Crippen molar-refractivity contribution in [1.29, 1.82) is 0 Å². The topological polar surface area (TPSA) is 64.6 Å². The molecule has 0 saturated heterocycles. The van der Waals surface area contributed by atoms with E-state index in [1.54, 1.807) is 18.2 Å². The Morgan fingerprint density at radius 2 is 1.75 bits per heavy atom. The van der Waals surface area contributed by atoms with Gasteiger partial charge in [0.15, 0.2) is 17.3 Å². The lowest BCUT2D eigenvalue weighted by molar-refractivity contribution is -0.121. The van der Waals surface area contributed by atoms with Gasteiger partial charge in [-0.1, -0.05) is 28.1 Å². The molecule has 0 bridgehead atoms. The lowest BCUT2D eigenvalue weighted by Gasteiger charge is -2.18. The number of aryl methyl sites for hydroxylation is 1. The second-order valence-corrected chi connectivity index (χ2v) is 7.83. The summed E-state index contributed by atoms with van der Waals surface area (Å²) in [6.07, 6.45) is 2.09. The molecule has 1 aliphatic heterocycles. The summed E-state index contributed by atoms with van der Waals surface area (Å²) in [6, 6.07) is 13.4. The minimum absolute atomic E-state index is 0.0561. The number of benzene rings is 2. The van der Waals surface area contributed by atoms with E-state index < -0.39 is 0 Å². The van der Waals surface area contributed by atoms with Gasteiger partial charge in [0, 0.05) is 28.9 Å². The highest BCUT2D eigenvalue weighted by molar-refractivity contribution is 9.10. The number of carbonyl (C=O) groups is 2. The molecular weight excluding hydrogens is 422 g/mol. The Kier molecular flexibility index (Phi) is 7.09. The van der Waals surface area contributed by atoms with Crippen LogP contribution in [0.2, 0.25) is 0 Å². The Balaban J connectivity index is 1.42. The first-order valence-electron chi connectivity index (χ1n) is 9.48. The van der Waals surface area contributed by atoms with Gasteiger partial charge in [0.1, 0.15) is 13.2 Å². The van der Waals surface area contributed by atoms with Gasteiger partial charge >= 0.3 is 0 Å². The van der Waals surface area contributed by atoms with Gasteiger partial charge in [-0.15, -0.1) is 0 Å². The van der Waals surface area contributed by atoms with Crippen molar-refractivity contribution in [3.8, 4) is 11.5 Å². The Morgan fingerprint density at radius 1 is 1.04 bits per heavy atom. The first kappa shape index (κ1) is 20.4. The zero-order valence-electron chi connectivity index (χ0n) is 15.9. The second-order valence-electron chi connectivity index (χ2n) is 6.92. The highest BCUT2D eigenvalue weighted by atomic mass is 79.9. The highest BCUT2D eigenvalue weighted by Gasteiger charge is 2.16. The number of carbonyl (C=O) groups excluding carboxylic acids is 2. The maximum Gasteiger partial charge on any atom is 0.220 e. The predicted octanol–water partition coefficient (Wildman–Crippen LogP) is 4.32. The summed E-state index contributed by atoms with van der Waals surface area (Å²) < 4.78 is 12.0. The maximum absolute atomic E-state index is 12.4. The summed E-state index contributed by atoms with van der Waals surface area (Å²) in [5.41, 5.74) is 1.78. The van der Waals surface area contributed by atoms with Crippen LogP contribution in [0.15, 0.2) is 46.9 Å². The fourth-order valence-corrected chi connectivity index (χ4v) is 3.31. The number of nitrogens with one attached hydrogen (secondary N) is 1. The monoisotopic (exact) mass is 445 g/mol. The van der Waals surface area contributed by atoms with Crippen LogP contribution in [0.3, 0.4) is 0 Å². The lowest BCUT2D eigenvalue weighted by Crippen LogP contribution is -2.33. The van der Waals surface area contributed by atoms with E-state index in [0.29, 0.717) is 30.3 Å². The van der Waals surface area contributed by atoms with Gasteiger partial charge in [0.2, 0.25) is 5.91 Å². The van der Waals surface area contributed by atoms with Crippen LogP contribution in [-0.4, -0.2) is 30.9 Å². The summed E-state index contributed by atoms with van der Waals surface area (Å²) in [4.78, 5) is 24.5. The number of fused-ring (bicyclic) bond motifs is 1. The van der Waals surface area contributed by atoms with Gasteiger partial charge in [-0.2, -0.15) is 0 Å². The molecule has 1 amide bonds. The third kappa shape index (κ3) is 5.83. The average molecular weight is 446 g/mol. The van der Waals surface area contributed by atoms with E-state index in [0.717, 1.165) is 17.3 Å². The number of amides is 1. The van der Waals surface area contributed by atoms with E-state index >= 15 is 0 Å². The van der Waals surface area contributed by atoms with Gasteiger partial charge in [0.25, 0.3) is 0 Å². The molecule has 0 spiro atoms. The number of rotatable bonds is 8. The first-order valence-corrected chi connectivity index (χ1v) is 10.3. The fraction of sp³-hybridized carbons (Fsp3) is 0.364. The normalized spacial score (nSPS) is 13.6. The van der Waals surface area contributed by atoms with Crippen LogP contribution < -0.4 is 14.8 Å². The molecule has 0 radical (unpaired) electrons. The molecule has 148 valence electrons. The predicted molar refractivity (Wildman–Crippen MR) is 111 cm³/mol. The van der Waals surface area contributed by atoms with E-state index in [9.17, 15) is 9.59 Å². The summed E-state index contributed by atoms with van der Waals surface area (Å²) >= 11 is 3.42. The zero-order chi connectivity index (χ0) is 19.9. The van der Waals surface area contributed by atoms with E-state index in [1.807, 2.05) is 19.1 Å². The van der Waals surface area contributed by atoms with E-state index in [-0.39, 0.29) is 30.6 Å². The molecule has 2 aromatic rings. The summed E-state index contributed by atoms with van der Waals surface area (Å²) in [6.45, 7) is 2.98. The number of ketones is 1. The summed E-state index contributed by atoms with van der Waals surface area (Å²) in [7, 11) is 0. The molecule has 0 fully saturated rings. The van der Waals surface area contributed by atoms with Gasteiger partial charge in [-0.05, 0) is 55.7 Å². The molecule has 6 heteroatoms. The molecule has 1 heterocycles. The molecule has 1 aliphatic rings. The lowest BCUT2D eigenvalue weighted by atomic mass is 10.0. The molecule has 28 heavy (non-hydrogen) atoms. The second kappa shape index (κ2) is 9.73. The van der Waals surface area contributed by atoms with Crippen molar-refractivity contribution in [2.75, 3.05) is 13.2 Å². The third-order valence-corrected chi connectivity index (χ3v) is 5.16. The summed E-state index contributed by atoms with van der Waals surface area (Å²) in [5, 5.41) is 2.97. The molecule has 1 unspecified atom stereocenters. The van der Waals surface area contributed by atoms with Crippen molar-refractivity contribution in [2.24, 2.45) is 0 Å². The van der Waals surface area contributed by atoms with Gasteiger partial charge in [0.05, 0.1) is 0 Å². The van der Waals surface area contributed by atoms with Crippen LogP contribution >= 0.6 is 15.9 Å². The molecule has 2 aromatic carbocycles. The quantitative estimate of drug-likeness (QED) is 0.614. The smallest absolute Gasteiger partial charge is 0.220 e. The highest BCUT2D eigenvalue weighted by Crippen LogP contribution is 2.31. The minimum atomic E-state index is -0.103. The van der Waals surface area contributed by atoms with Crippen molar-refractivity contribution in [3.63, 3.8) is 0 Å². The standard InChI is InChI=1S/C22H24BrNO4/c1-15(2-3-16-4-7-18(23)8-5-16)24-22(26)11-9-19(25)17-6-10-20-21(14-17)28-13-12-27-20/h4-8,10,14-15H,2-3,9,11-13H2,1H3,(H,24,26). The largest absolute Gasteiger partial charge is 0.486 e. The SMILES string of the molecule is CC(CCc1ccc(Br)cc1)NC(=O)CCC(=O)c1ccc2c(c1)OCCO2. The first-order chi connectivity index (χ1) is 13.5. The van der Waals surface area contributed by atoms with Crippen LogP contribution in [0.4, 0.5) is 0 Å². The Labute approximate surface area is 173 Å². The van der Waals surface area contributed by atoms with Gasteiger partial charge in [-0.25, -0.2) is 0 Å². The number of Topliss-reactive ketones (excluding diaryl/α,β-unsaturated/α-hetero) is 1. The third-order valence-electron chi connectivity index (χ3n) is 4.63. The van der Waals surface area contributed by atoms with Crippen molar-refractivity contribution in [2.45, 2.75) is 38.6 Å². The average Bonchev–Trinajstić information content (AvgIpc) is 2.71. The molecule has 5 nitrogen and oxygen atoms in total. The number of hydrogen-bond acceptors (Lipinski definition) is 4. The number of halogens is 1. The van der Waals surface area contributed by atoms with Crippen molar-refractivity contribution in [1.82, 2.24) is 5.32 Å². The van der Waals surface area contributed by atoms with Crippen LogP contribution in [0.1, 0.15) is 42.1 Å². The molecule has 0 saturated carbocycles. The van der Waals surface area contributed by atoms with Crippen LogP contribution in [0.25, 0.3) is 0 Å². The molecule has 1 atom stereocenters. The van der Waals surface area contributed by atoms with Crippen LogP contribution in [0.5, 0.6) is 11.5 Å². The van der Waals surface area contributed by atoms with Crippen LogP contribution in [0, 0.1) is 0 Å². The maximum atomic E-state index is 12.4. The Morgan fingerprint density at radius 3 is 2.50 bits per heavy atom. The zero-order valence-corrected chi connectivity index (χ0v) is 17.5. The van der Waals surface area contributed by atoms with Gasteiger partial charge < -0.3 is 14.8 Å². The van der Waals surface area contributed by atoms with Crippen molar-refractivity contribution >= 4 is 27.6 Å². The molecule has 0 aromatic heterocycles. The number of ether oxygens (including phenoxy) is 2. The van der Waals surface area contributed by atoms with E-state index in [1.165, 1.54) is 5.56 Å². The Bertz CT molecular complexity index is 835. The summed E-state index contributed by atoms with van der Waals surface area (Å²) in [5.74, 6) is 1.06. The van der Waals surface area contributed by atoms with E-state index in [4.69, 9.17) is 9.47 Å². The van der Waals surface area contributed by atoms with Crippen LogP contribution in [-0.2, 0) is 11.2 Å². The molecular formula is C22H24BrNO4. The van der Waals surface area contributed by atoms with E-state index in [2.05, 4.69) is 33.4 Å². The molecule has 1 N–H and O–H groups in total. The number of hydrogen-bond donors (Lipinski definition) is 1. The van der Waals surface area contributed by atoms with Crippen molar-refractivity contribution < 1.29 is 19.1 Å². The van der Waals surface area contributed by atoms with Gasteiger partial charge in [-0.3, -0.25) is 9.59 Å².